The quantitative estimate of drug-likeness (QED) is 0.806. The third-order valence-electron chi connectivity index (χ3n) is 3.61. The van der Waals surface area contributed by atoms with E-state index in [0.29, 0.717) is 11.8 Å². The highest BCUT2D eigenvalue weighted by Gasteiger charge is 2.20. The van der Waals surface area contributed by atoms with E-state index in [-0.39, 0.29) is 0 Å². The summed E-state index contributed by atoms with van der Waals surface area (Å²) < 4.78 is 6.49. The maximum atomic E-state index is 5.46. The minimum absolute atomic E-state index is 0.567. The van der Waals surface area contributed by atoms with Crippen molar-refractivity contribution in [3.05, 3.63) is 16.0 Å². The van der Waals surface area contributed by atoms with Crippen LogP contribution in [0.25, 0.3) is 0 Å². The standard InChI is InChI=1S/C16H26BrN3O/c1-4-6-18-16-15(17)13(8-11(2)3)19-14(20-16)9-12-5-7-21-10-12/h11-12H,4-10H2,1-3H3,(H,18,19,20). The molecule has 5 heteroatoms. The van der Waals surface area contributed by atoms with Crippen molar-refractivity contribution in [2.75, 3.05) is 25.1 Å². The molecule has 1 atom stereocenters. The Hall–Kier alpha value is -0.680. The van der Waals surface area contributed by atoms with Crippen LogP contribution in [-0.2, 0) is 17.6 Å². The van der Waals surface area contributed by atoms with Crippen LogP contribution >= 0.6 is 15.9 Å². The van der Waals surface area contributed by atoms with Gasteiger partial charge >= 0.3 is 0 Å². The Labute approximate surface area is 136 Å². The van der Waals surface area contributed by atoms with Gasteiger partial charge in [-0.3, -0.25) is 0 Å². The molecular formula is C16H26BrN3O. The zero-order chi connectivity index (χ0) is 15.2. The van der Waals surface area contributed by atoms with Crippen molar-refractivity contribution in [1.29, 1.82) is 0 Å². The second-order valence-electron chi connectivity index (χ2n) is 6.21. The summed E-state index contributed by atoms with van der Waals surface area (Å²) in [4.78, 5) is 9.51. The minimum atomic E-state index is 0.567. The van der Waals surface area contributed by atoms with Crippen LogP contribution in [0.1, 0.15) is 45.1 Å². The zero-order valence-electron chi connectivity index (χ0n) is 13.3. The fourth-order valence-corrected chi connectivity index (χ4v) is 3.00. The Bertz CT molecular complexity index is 459. The third-order valence-corrected chi connectivity index (χ3v) is 4.44. The first-order valence-electron chi connectivity index (χ1n) is 7.97. The van der Waals surface area contributed by atoms with Crippen LogP contribution < -0.4 is 5.32 Å². The molecule has 0 aromatic carbocycles. The van der Waals surface area contributed by atoms with E-state index in [1.165, 1.54) is 0 Å². The number of aromatic nitrogens is 2. The number of halogens is 1. The number of rotatable bonds is 7. The monoisotopic (exact) mass is 355 g/mol. The molecule has 1 aromatic rings. The summed E-state index contributed by atoms with van der Waals surface area (Å²) >= 11 is 3.67. The minimum Gasteiger partial charge on any atom is -0.381 e. The van der Waals surface area contributed by atoms with Crippen LogP contribution in [0.15, 0.2) is 4.47 Å². The summed E-state index contributed by atoms with van der Waals surface area (Å²) in [7, 11) is 0. The van der Waals surface area contributed by atoms with Gasteiger partial charge in [-0.1, -0.05) is 20.8 Å². The van der Waals surface area contributed by atoms with Crippen LogP contribution in [0.4, 0.5) is 5.82 Å². The van der Waals surface area contributed by atoms with Gasteiger partial charge in [-0.15, -0.1) is 0 Å². The summed E-state index contributed by atoms with van der Waals surface area (Å²) in [5.74, 6) is 3.04. The third kappa shape index (κ3) is 4.92. The highest BCUT2D eigenvalue weighted by Crippen LogP contribution is 2.27. The number of anilines is 1. The van der Waals surface area contributed by atoms with Gasteiger partial charge < -0.3 is 10.1 Å². The largest absolute Gasteiger partial charge is 0.381 e. The van der Waals surface area contributed by atoms with Crippen LogP contribution in [0.2, 0.25) is 0 Å². The average Bonchev–Trinajstić information content (AvgIpc) is 2.93. The lowest BCUT2D eigenvalue weighted by Gasteiger charge is -2.15. The predicted molar refractivity (Wildman–Crippen MR) is 89.7 cm³/mol. The second-order valence-corrected chi connectivity index (χ2v) is 7.00. The summed E-state index contributed by atoms with van der Waals surface area (Å²) in [6.07, 6.45) is 4.09. The van der Waals surface area contributed by atoms with Crippen molar-refractivity contribution < 1.29 is 4.74 Å². The zero-order valence-corrected chi connectivity index (χ0v) is 14.9. The lowest BCUT2D eigenvalue weighted by Crippen LogP contribution is -2.13. The summed E-state index contributed by atoms with van der Waals surface area (Å²) in [5.41, 5.74) is 1.12. The molecule has 1 fully saturated rings. The highest BCUT2D eigenvalue weighted by atomic mass is 79.9. The number of hydrogen-bond donors (Lipinski definition) is 1. The summed E-state index contributed by atoms with van der Waals surface area (Å²) in [5, 5.41) is 3.41. The maximum Gasteiger partial charge on any atom is 0.144 e. The molecule has 1 aliphatic rings. The van der Waals surface area contributed by atoms with Gasteiger partial charge in [0.1, 0.15) is 11.6 Å². The van der Waals surface area contributed by atoms with Gasteiger partial charge in [-0.05, 0) is 47.0 Å². The van der Waals surface area contributed by atoms with Crippen LogP contribution in [0.3, 0.4) is 0 Å². The van der Waals surface area contributed by atoms with Crippen molar-refractivity contribution in [2.24, 2.45) is 11.8 Å². The molecule has 1 N–H and O–H groups in total. The normalized spacial score (nSPS) is 18.4. The Morgan fingerprint density at radius 2 is 2.19 bits per heavy atom. The van der Waals surface area contributed by atoms with E-state index in [4.69, 9.17) is 14.7 Å². The first-order valence-corrected chi connectivity index (χ1v) is 8.76. The fraction of sp³-hybridized carbons (Fsp3) is 0.750. The van der Waals surface area contributed by atoms with Gasteiger partial charge in [0.15, 0.2) is 0 Å². The van der Waals surface area contributed by atoms with Crippen molar-refractivity contribution >= 4 is 21.7 Å². The van der Waals surface area contributed by atoms with Gasteiger partial charge in [0, 0.05) is 26.2 Å². The number of hydrogen-bond acceptors (Lipinski definition) is 4. The van der Waals surface area contributed by atoms with Gasteiger partial charge in [0.05, 0.1) is 10.2 Å². The second kappa shape index (κ2) is 8.08. The molecule has 1 aromatic heterocycles. The first-order chi connectivity index (χ1) is 10.1. The first kappa shape index (κ1) is 16.7. The van der Waals surface area contributed by atoms with Crippen LogP contribution in [0.5, 0.6) is 0 Å². The smallest absolute Gasteiger partial charge is 0.144 e. The van der Waals surface area contributed by atoms with Crippen molar-refractivity contribution in [1.82, 2.24) is 9.97 Å². The van der Waals surface area contributed by atoms with E-state index in [1.54, 1.807) is 0 Å². The lowest BCUT2D eigenvalue weighted by atomic mass is 10.0. The molecule has 0 aliphatic carbocycles. The van der Waals surface area contributed by atoms with Gasteiger partial charge in [-0.2, -0.15) is 0 Å². The maximum absolute atomic E-state index is 5.46. The highest BCUT2D eigenvalue weighted by molar-refractivity contribution is 9.10. The van der Waals surface area contributed by atoms with Crippen molar-refractivity contribution in [3.8, 4) is 0 Å². The Kier molecular flexibility index (Phi) is 6.42. The van der Waals surface area contributed by atoms with Crippen LogP contribution in [-0.4, -0.2) is 29.7 Å². The SMILES string of the molecule is CCCNc1nc(CC2CCOC2)nc(CC(C)C)c1Br. The summed E-state index contributed by atoms with van der Waals surface area (Å²) in [6.45, 7) is 9.25. The van der Waals surface area contributed by atoms with E-state index in [0.717, 1.165) is 67.3 Å². The molecule has 0 saturated carbocycles. The molecule has 1 saturated heterocycles. The molecule has 0 bridgehead atoms. The Balaban J connectivity index is 2.21. The fourth-order valence-electron chi connectivity index (χ4n) is 2.52. The van der Waals surface area contributed by atoms with Crippen LogP contribution in [0, 0.1) is 11.8 Å². The number of nitrogens with one attached hydrogen (secondary N) is 1. The molecule has 4 nitrogen and oxygen atoms in total. The van der Waals surface area contributed by atoms with Crippen molar-refractivity contribution in [3.63, 3.8) is 0 Å². The lowest BCUT2D eigenvalue weighted by molar-refractivity contribution is 0.185. The topological polar surface area (TPSA) is 47.0 Å². The number of nitrogens with zero attached hydrogens (tertiary/aromatic N) is 2. The van der Waals surface area contributed by atoms with Gasteiger partial charge in [0.25, 0.3) is 0 Å². The van der Waals surface area contributed by atoms with Gasteiger partial charge in [-0.25, -0.2) is 9.97 Å². The van der Waals surface area contributed by atoms with E-state index in [2.05, 4.69) is 42.0 Å². The van der Waals surface area contributed by atoms with Crippen molar-refractivity contribution in [2.45, 2.75) is 46.5 Å². The predicted octanol–water partition coefficient (Wildman–Crippen LogP) is 3.84. The molecule has 2 heterocycles. The van der Waals surface area contributed by atoms with E-state index < -0.39 is 0 Å². The Morgan fingerprint density at radius 1 is 1.38 bits per heavy atom. The van der Waals surface area contributed by atoms with E-state index in [9.17, 15) is 0 Å². The molecule has 1 aliphatic heterocycles. The molecule has 118 valence electrons. The molecule has 2 rings (SSSR count). The average molecular weight is 356 g/mol. The van der Waals surface area contributed by atoms with Gasteiger partial charge in [0.2, 0.25) is 0 Å². The molecule has 1 unspecified atom stereocenters. The molecule has 21 heavy (non-hydrogen) atoms. The number of ether oxygens (including phenoxy) is 1. The Morgan fingerprint density at radius 3 is 2.81 bits per heavy atom. The van der Waals surface area contributed by atoms with E-state index in [1.807, 2.05) is 0 Å². The molecule has 0 amide bonds. The summed E-state index contributed by atoms with van der Waals surface area (Å²) in [6, 6.07) is 0. The molecule has 0 spiro atoms. The molecular weight excluding hydrogens is 330 g/mol. The molecule has 0 radical (unpaired) electrons. The van der Waals surface area contributed by atoms with E-state index >= 15 is 0 Å².